The first-order valence-electron chi connectivity index (χ1n) is 10.9. The molecule has 3 atom stereocenters. The fourth-order valence-electron chi connectivity index (χ4n) is 5.07. The number of rotatable bonds is 0. The van der Waals surface area contributed by atoms with Crippen molar-refractivity contribution >= 4 is 23.0 Å². The fraction of sp³-hybridized carbons (Fsp3) is 0.417. The van der Waals surface area contributed by atoms with E-state index in [1.165, 1.54) is 16.9 Å². The van der Waals surface area contributed by atoms with Crippen molar-refractivity contribution in [2.45, 2.75) is 31.8 Å². The van der Waals surface area contributed by atoms with Gasteiger partial charge in [-0.3, -0.25) is 0 Å². The lowest BCUT2D eigenvalue weighted by Gasteiger charge is -2.32. The first-order valence-corrected chi connectivity index (χ1v) is 10.9. The number of hydrogen-bond acceptors (Lipinski definition) is 5. The average Bonchev–Trinajstić information content (AvgIpc) is 3.30. The number of benzene rings is 1. The van der Waals surface area contributed by atoms with E-state index in [9.17, 15) is 0 Å². The van der Waals surface area contributed by atoms with Gasteiger partial charge in [0.05, 0.1) is 24.8 Å². The minimum Gasteiger partial charge on any atom is -0.377 e. The number of para-hydroxylation sites is 1. The predicted octanol–water partition coefficient (Wildman–Crippen LogP) is 3.74. The van der Waals surface area contributed by atoms with Crippen LogP contribution in [-0.2, 0) is 0 Å². The van der Waals surface area contributed by atoms with Gasteiger partial charge in [-0.25, -0.2) is 9.47 Å². The molecule has 1 aromatic heterocycles. The molecular weight excluding hydrogens is 372 g/mol. The van der Waals surface area contributed by atoms with E-state index in [4.69, 9.17) is 9.98 Å². The number of fused-ring (bicyclic) bond motifs is 5. The number of anilines is 1. The largest absolute Gasteiger partial charge is 0.377 e. The van der Waals surface area contributed by atoms with Gasteiger partial charge >= 0.3 is 0 Å². The molecule has 6 nitrogen and oxygen atoms in total. The molecule has 3 unspecified atom stereocenters. The Kier molecular flexibility index (Phi) is 4.64. The molecule has 3 aliphatic rings. The van der Waals surface area contributed by atoms with Crippen LogP contribution in [0.15, 0.2) is 53.7 Å². The molecule has 1 fully saturated rings. The van der Waals surface area contributed by atoms with Crippen molar-refractivity contribution in [2.75, 3.05) is 39.0 Å². The minimum absolute atomic E-state index is 0.310. The molecule has 4 bridgehead atoms. The second kappa shape index (κ2) is 7.22. The third-order valence-corrected chi connectivity index (χ3v) is 7.00. The Morgan fingerprint density at radius 1 is 1.20 bits per heavy atom. The van der Waals surface area contributed by atoms with Crippen LogP contribution >= 0.6 is 0 Å². The minimum atomic E-state index is 0.310. The Morgan fingerprint density at radius 3 is 2.90 bits per heavy atom. The lowest BCUT2D eigenvalue weighted by Crippen LogP contribution is -2.49. The molecule has 0 amide bonds. The number of quaternary nitrogens is 1. The summed E-state index contributed by atoms with van der Waals surface area (Å²) in [7, 11) is 4.45. The van der Waals surface area contributed by atoms with Crippen molar-refractivity contribution in [1.82, 2.24) is 19.7 Å². The van der Waals surface area contributed by atoms with Crippen molar-refractivity contribution in [2.24, 2.45) is 4.99 Å². The molecule has 6 heteroatoms. The monoisotopic (exact) mass is 403 g/mol. The molecular formula is C24H31N6+. The summed E-state index contributed by atoms with van der Waals surface area (Å²) < 4.78 is 0.732. The molecule has 0 saturated carbocycles. The highest BCUT2D eigenvalue weighted by Gasteiger charge is 2.40. The molecule has 1 saturated heterocycles. The van der Waals surface area contributed by atoms with Gasteiger partial charge in [-0.05, 0) is 30.7 Å². The van der Waals surface area contributed by atoms with Gasteiger partial charge < -0.3 is 15.5 Å². The summed E-state index contributed by atoms with van der Waals surface area (Å²) in [6.07, 6.45) is 2.09. The average molecular weight is 404 g/mol. The van der Waals surface area contributed by atoms with Gasteiger partial charge in [-0.1, -0.05) is 18.7 Å². The van der Waals surface area contributed by atoms with E-state index in [-0.39, 0.29) is 0 Å². The summed E-state index contributed by atoms with van der Waals surface area (Å²) >= 11 is 0. The molecule has 4 heterocycles. The Labute approximate surface area is 178 Å². The van der Waals surface area contributed by atoms with Crippen LogP contribution in [0.1, 0.15) is 19.8 Å². The zero-order valence-electron chi connectivity index (χ0n) is 18.2. The maximum atomic E-state index is 5.00. The van der Waals surface area contributed by atoms with E-state index in [1.54, 1.807) is 0 Å². The number of nitrogens with zero attached hydrogens (tertiary/aromatic N) is 4. The van der Waals surface area contributed by atoms with E-state index in [1.807, 2.05) is 0 Å². The van der Waals surface area contributed by atoms with Gasteiger partial charge in [0, 0.05) is 51.3 Å². The highest BCUT2D eigenvalue weighted by molar-refractivity contribution is 6.05. The number of aliphatic imine (C=N–C) groups is 1. The maximum Gasteiger partial charge on any atom is 0.205 e. The highest BCUT2D eigenvalue weighted by Crippen LogP contribution is 2.46. The summed E-state index contributed by atoms with van der Waals surface area (Å²) in [4.78, 5) is 12.3. The summed E-state index contributed by atoms with van der Waals surface area (Å²) in [5.74, 6) is 2.06. The van der Waals surface area contributed by atoms with Crippen LogP contribution < -0.4 is 15.1 Å². The molecule has 2 aromatic rings. The number of hydrogen-bond donors (Lipinski definition) is 2. The number of amidine groups is 1. The van der Waals surface area contributed by atoms with E-state index >= 15 is 0 Å². The zero-order valence-corrected chi connectivity index (χ0v) is 18.2. The number of pyridine rings is 1. The fourth-order valence-corrected chi connectivity index (χ4v) is 5.07. The van der Waals surface area contributed by atoms with Crippen LogP contribution in [0.3, 0.4) is 0 Å². The van der Waals surface area contributed by atoms with E-state index in [2.05, 4.69) is 79.5 Å². The Bertz CT molecular complexity index is 1030. The van der Waals surface area contributed by atoms with Crippen molar-refractivity contribution in [1.29, 1.82) is 0 Å². The topological polar surface area (TPSA) is 52.6 Å². The molecule has 1 aromatic carbocycles. The predicted molar refractivity (Wildman–Crippen MR) is 125 cm³/mol. The molecule has 0 radical (unpaired) electrons. The second-order valence-corrected chi connectivity index (χ2v) is 8.96. The molecule has 2 N–H and O–H groups in total. The van der Waals surface area contributed by atoms with Gasteiger partial charge in [-0.15, -0.1) is 0 Å². The number of likely N-dealkylation sites (N-methyl/N-ethyl adjacent to an activating group) is 1. The molecule has 156 valence electrons. The molecule has 3 aliphatic heterocycles. The SMILES string of the molecule is C=C1C2CC(CN2)Nc2cccc(n2)-c2cccc3c2[N+](C)(CCCN1C)C(C)=N3. The van der Waals surface area contributed by atoms with E-state index in [0.29, 0.717) is 12.1 Å². The van der Waals surface area contributed by atoms with Crippen LogP contribution in [0, 0.1) is 0 Å². The normalized spacial score (nSPS) is 28.3. The van der Waals surface area contributed by atoms with Crippen LogP contribution in [-0.4, -0.2) is 61.5 Å². The number of aromatic nitrogens is 1. The third kappa shape index (κ3) is 3.11. The second-order valence-electron chi connectivity index (χ2n) is 8.96. The van der Waals surface area contributed by atoms with E-state index < -0.39 is 0 Å². The van der Waals surface area contributed by atoms with Gasteiger partial charge in [0.1, 0.15) is 11.5 Å². The summed E-state index contributed by atoms with van der Waals surface area (Å²) in [6, 6.07) is 13.3. The van der Waals surface area contributed by atoms with Crippen molar-refractivity contribution in [3.63, 3.8) is 0 Å². The Morgan fingerprint density at radius 2 is 2.03 bits per heavy atom. The molecule has 0 spiro atoms. The molecule has 30 heavy (non-hydrogen) atoms. The Hall–Kier alpha value is -2.70. The Balaban J connectivity index is 1.60. The van der Waals surface area contributed by atoms with Gasteiger partial charge in [0.25, 0.3) is 0 Å². The maximum absolute atomic E-state index is 5.00. The first kappa shape index (κ1) is 19.3. The summed E-state index contributed by atoms with van der Waals surface area (Å²) in [5.41, 5.74) is 5.68. The van der Waals surface area contributed by atoms with Gasteiger partial charge in [0.15, 0.2) is 5.69 Å². The summed E-state index contributed by atoms with van der Waals surface area (Å²) in [6.45, 7) is 9.45. The van der Waals surface area contributed by atoms with Crippen LogP contribution in [0.25, 0.3) is 11.3 Å². The molecule has 5 rings (SSSR count). The molecule has 0 aliphatic carbocycles. The van der Waals surface area contributed by atoms with E-state index in [0.717, 1.165) is 60.0 Å². The van der Waals surface area contributed by atoms with Crippen molar-refractivity contribution in [3.05, 3.63) is 48.7 Å². The van der Waals surface area contributed by atoms with Crippen LogP contribution in [0.5, 0.6) is 0 Å². The zero-order chi connectivity index (χ0) is 20.9. The third-order valence-electron chi connectivity index (χ3n) is 7.00. The standard InChI is InChI=1S/C24H31N6/c1-16-22-14-18(15-25-22)27-23-11-6-9-20(28-23)19-8-5-10-21-24(19)30(4,17(2)26-21)13-7-12-29(16)3/h5-6,8-11,18,22,25H,1,7,12-15H2,2-4H3,(H,27,28)/q+1. The first-order chi connectivity index (χ1) is 14.5. The van der Waals surface area contributed by atoms with Crippen LogP contribution in [0.4, 0.5) is 17.2 Å². The lowest BCUT2D eigenvalue weighted by molar-refractivity contribution is 0.351. The smallest absolute Gasteiger partial charge is 0.205 e. The quantitative estimate of drug-likeness (QED) is 0.658. The highest BCUT2D eigenvalue weighted by atomic mass is 15.4. The van der Waals surface area contributed by atoms with Crippen molar-refractivity contribution in [3.8, 4) is 11.3 Å². The van der Waals surface area contributed by atoms with Gasteiger partial charge in [0.2, 0.25) is 5.84 Å². The number of nitrogens with one attached hydrogen (secondary N) is 2. The van der Waals surface area contributed by atoms with Crippen LogP contribution in [0.2, 0.25) is 0 Å². The summed E-state index contributed by atoms with van der Waals surface area (Å²) in [5, 5.41) is 7.27. The van der Waals surface area contributed by atoms with Gasteiger partial charge in [-0.2, -0.15) is 4.99 Å². The van der Waals surface area contributed by atoms with Crippen molar-refractivity contribution < 1.29 is 0 Å². The lowest BCUT2D eigenvalue weighted by atomic mass is 10.0.